The van der Waals surface area contributed by atoms with Gasteiger partial charge in [-0.1, -0.05) is 25.1 Å². The van der Waals surface area contributed by atoms with Crippen LogP contribution in [0.25, 0.3) is 0 Å². The fourth-order valence-corrected chi connectivity index (χ4v) is 6.56. The molecule has 2 aromatic carbocycles. The first kappa shape index (κ1) is 25.2. The lowest BCUT2D eigenvalue weighted by Gasteiger charge is -2.36. The van der Waals surface area contributed by atoms with Crippen molar-refractivity contribution in [2.75, 3.05) is 24.4 Å². The smallest absolute Gasteiger partial charge is 0.250 e. The Morgan fingerprint density at radius 1 is 1.11 bits per heavy atom. The molecule has 1 spiro atoms. The molecule has 0 radical (unpaired) electrons. The lowest BCUT2D eigenvalue weighted by Crippen LogP contribution is -2.56. The van der Waals surface area contributed by atoms with Gasteiger partial charge in [0, 0.05) is 11.4 Å². The molecule has 3 amide bonds. The van der Waals surface area contributed by atoms with Crippen molar-refractivity contribution in [1.29, 1.82) is 0 Å². The second-order valence-corrected chi connectivity index (χ2v) is 10.6. The number of carbonyl (C=O) groups is 3. The molecule has 3 heterocycles. The number of aliphatic hydroxyl groups is 1. The Bertz CT molecular complexity index is 1200. The van der Waals surface area contributed by atoms with E-state index in [-0.39, 0.29) is 24.3 Å². The number of ether oxygens (including phenoxy) is 2. The van der Waals surface area contributed by atoms with Gasteiger partial charge < -0.3 is 30.1 Å². The van der Waals surface area contributed by atoms with E-state index in [0.717, 1.165) is 0 Å². The van der Waals surface area contributed by atoms with Crippen molar-refractivity contribution >= 4 is 29.1 Å². The van der Waals surface area contributed by atoms with Gasteiger partial charge in [0.1, 0.15) is 17.4 Å². The summed E-state index contributed by atoms with van der Waals surface area (Å²) in [6, 6.07) is 14.3. The van der Waals surface area contributed by atoms with E-state index in [1.165, 1.54) is 4.90 Å². The summed E-state index contributed by atoms with van der Waals surface area (Å²) >= 11 is 0. The number of anilines is 2. The molecule has 0 aliphatic carbocycles. The predicted molar refractivity (Wildman–Crippen MR) is 137 cm³/mol. The molecule has 3 aliphatic rings. The maximum Gasteiger partial charge on any atom is 0.250 e. The zero-order valence-electron chi connectivity index (χ0n) is 21.4. The molecule has 0 aromatic heterocycles. The molecule has 2 bridgehead atoms. The second kappa shape index (κ2) is 9.15. The summed E-state index contributed by atoms with van der Waals surface area (Å²) in [7, 11) is 1.56. The Morgan fingerprint density at radius 3 is 2.35 bits per heavy atom. The van der Waals surface area contributed by atoms with E-state index in [1.807, 2.05) is 32.0 Å². The van der Waals surface area contributed by atoms with Crippen LogP contribution < -0.4 is 15.4 Å². The van der Waals surface area contributed by atoms with Gasteiger partial charge in [0.25, 0.3) is 0 Å². The number of hydrogen-bond donors (Lipinski definition) is 3. The minimum Gasteiger partial charge on any atom is -0.497 e. The summed E-state index contributed by atoms with van der Waals surface area (Å²) in [5.74, 6) is -2.15. The van der Waals surface area contributed by atoms with E-state index < -0.39 is 41.0 Å². The van der Waals surface area contributed by atoms with Crippen molar-refractivity contribution in [2.45, 2.75) is 50.5 Å². The summed E-state index contributed by atoms with van der Waals surface area (Å²) in [4.78, 5) is 43.0. The van der Waals surface area contributed by atoms with Gasteiger partial charge in [0.2, 0.25) is 17.7 Å². The van der Waals surface area contributed by atoms with Crippen LogP contribution >= 0.6 is 0 Å². The maximum absolute atomic E-state index is 14.0. The van der Waals surface area contributed by atoms with Gasteiger partial charge in [-0.2, -0.15) is 0 Å². The lowest BCUT2D eigenvalue weighted by molar-refractivity contribution is -0.147. The normalized spacial score (nSPS) is 32.7. The van der Waals surface area contributed by atoms with Crippen LogP contribution in [0.15, 0.2) is 54.6 Å². The topological polar surface area (TPSA) is 117 Å². The highest BCUT2D eigenvalue weighted by Crippen LogP contribution is 2.65. The Morgan fingerprint density at radius 2 is 1.73 bits per heavy atom. The quantitative estimate of drug-likeness (QED) is 0.531. The van der Waals surface area contributed by atoms with Gasteiger partial charge in [-0.05, 0) is 62.6 Å². The standard InChI is InChI=1S/C28H33N3O6/c1-16-14-28-22(21(27(16,3)37-28)24(33)29-18-8-6-5-7-9-18)26(35)31(17(2)15-32)23(28)25(34)30-19-10-12-20(36-4)13-11-19/h5-13,16-17,21-23,32H,14-15H2,1-4H3,(H,29,33)(H,30,34)/t16?,17-,21-,22+,23?,27+,28?/m1/s1. The number of benzene rings is 2. The molecule has 3 unspecified atom stereocenters. The molecule has 2 aromatic rings. The van der Waals surface area contributed by atoms with Gasteiger partial charge in [-0.25, -0.2) is 0 Å². The highest BCUT2D eigenvalue weighted by molar-refractivity contribution is 6.05. The number of hydrogen-bond acceptors (Lipinski definition) is 6. The van der Waals surface area contributed by atoms with Crippen LogP contribution in [-0.2, 0) is 19.1 Å². The van der Waals surface area contributed by atoms with Crippen LogP contribution in [0.3, 0.4) is 0 Å². The third-order valence-corrected chi connectivity index (χ3v) is 8.42. The molecule has 0 saturated carbocycles. The van der Waals surface area contributed by atoms with Crippen LogP contribution in [-0.4, -0.2) is 64.7 Å². The molecule has 9 heteroatoms. The lowest BCUT2D eigenvalue weighted by atomic mass is 9.62. The van der Waals surface area contributed by atoms with E-state index in [4.69, 9.17) is 9.47 Å². The molecule has 3 aliphatic heterocycles. The molecule has 37 heavy (non-hydrogen) atoms. The van der Waals surface area contributed by atoms with Crippen LogP contribution in [0.1, 0.15) is 27.2 Å². The number of rotatable bonds is 7. The van der Waals surface area contributed by atoms with Gasteiger partial charge >= 0.3 is 0 Å². The Hall–Kier alpha value is -3.43. The molecule has 5 rings (SSSR count). The number of fused-ring (bicyclic) bond motifs is 1. The van der Waals surface area contributed by atoms with E-state index in [2.05, 4.69) is 10.6 Å². The summed E-state index contributed by atoms with van der Waals surface area (Å²) in [6.07, 6.45) is 0.449. The number of nitrogens with one attached hydrogen (secondary N) is 2. The summed E-state index contributed by atoms with van der Waals surface area (Å²) in [5.41, 5.74) is -0.948. The van der Waals surface area contributed by atoms with Gasteiger partial charge in [-0.15, -0.1) is 0 Å². The van der Waals surface area contributed by atoms with Gasteiger partial charge in [0.05, 0.1) is 37.2 Å². The van der Waals surface area contributed by atoms with Gasteiger partial charge in [-0.3, -0.25) is 14.4 Å². The molecule has 3 fully saturated rings. The number of aliphatic hydroxyl groups excluding tert-OH is 1. The van der Waals surface area contributed by atoms with Crippen LogP contribution in [0.5, 0.6) is 5.75 Å². The van der Waals surface area contributed by atoms with Crippen LogP contribution in [0.2, 0.25) is 0 Å². The van der Waals surface area contributed by atoms with Crippen LogP contribution in [0.4, 0.5) is 11.4 Å². The molecule has 9 nitrogen and oxygen atoms in total. The highest BCUT2D eigenvalue weighted by atomic mass is 16.5. The molecule has 7 atom stereocenters. The van der Waals surface area contributed by atoms with Crippen molar-refractivity contribution in [3.8, 4) is 5.75 Å². The highest BCUT2D eigenvalue weighted by Gasteiger charge is 2.80. The summed E-state index contributed by atoms with van der Waals surface area (Å²) in [6.45, 7) is 5.23. The molecule has 3 N–H and O–H groups in total. The monoisotopic (exact) mass is 507 g/mol. The first-order valence-electron chi connectivity index (χ1n) is 12.6. The summed E-state index contributed by atoms with van der Waals surface area (Å²) in [5, 5.41) is 15.9. The Balaban J connectivity index is 1.53. The number of carbonyl (C=O) groups excluding carboxylic acids is 3. The molecular formula is C28H33N3O6. The Kier molecular flexibility index (Phi) is 6.24. The van der Waals surface area contributed by atoms with Crippen molar-refractivity contribution in [2.24, 2.45) is 17.8 Å². The summed E-state index contributed by atoms with van der Waals surface area (Å²) < 4.78 is 11.9. The van der Waals surface area contributed by atoms with Crippen molar-refractivity contribution in [3.05, 3.63) is 54.6 Å². The molecular weight excluding hydrogens is 474 g/mol. The third-order valence-electron chi connectivity index (χ3n) is 8.42. The number of methoxy groups -OCH3 is 1. The van der Waals surface area contributed by atoms with Crippen LogP contribution in [0, 0.1) is 17.8 Å². The van der Waals surface area contributed by atoms with Crippen molar-refractivity contribution in [1.82, 2.24) is 4.90 Å². The second-order valence-electron chi connectivity index (χ2n) is 10.6. The maximum atomic E-state index is 14.0. The third kappa shape index (κ3) is 3.79. The van der Waals surface area contributed by atoms with E-state index >= 15 is 0 Å². The SMILES string of the molecule is COc1ccc(NC(=O)C2N([C@H](C)CO)C(=O)[C@@H]3[C@H](C(=O)Nc4ccccc4)[C@@]4(C)OC23CC4C)cc1. The fourth-order valence-electron chi connectivity index (χ4n) is 6.56. The zero-order chi connectivity index (χ0) is 26.5. The fraction of sp³-hybridized carbons (Fsp3) is 0.464. The number of amides is 3. The average molecular weight is 508 g/mol. The van der Waals surface area contributed by atoms with E-state index in [1.54, 1.807) is 50.4 Å². The number of nitrogens with zero attached hydrogens (tertiary/aromatic N) is 1. The first-order chi connectivity index (χ1) is 17.7. The molecule has 196 valence electrons. The molecule has 3 saturated heterocycles. The zero-order valence-corrected chi connectivity index (χ0v) is 21.4. The average Bonchev–Trinajstić information content (AvgIpc) is 3.41. The predicted octanol–water partition coefficient (Wildman–Crippen LogP) is 2.66. The number of para-hydroxylation sites is 1. The van der Waals surface area contributed by atoms with E-state index in [9.17, 15) is 19.5 Å². The first-order valence-corrected chi connectivity index (χ1v) is 12.6. The number of likely N-dealkylation sites (tertiary alicyclic amines) is 1. The van der Waals surface area contributed by atoms with Crippen molar-refractivity contribution < 1.29 is 29.0 Å². The van der Waals surface area contributed by atoms with Crippen molar-refractivity contribution in [3.63, 3.8) is 0 Å². The Labute approximate surface area is 216 Å². The largest absolute Gasteiger partial charge is 0.497 e. The van der Waals surface area contributed by atoms with E-state index in [0.29, 0.717) is 23.5 Å². The minimum absolute atomic E-state index is 0.0799. The minimum atomic E-state index is -1.19. The van der Waals surface area contributed by atoms with Gasteiger partial charge in [0.15, 0.2) is 0 Å².